The van der Waals surface area contributed by atoms with Gasteiger partial charge in [-0.25, -0.2) is 0 Å². The third-order valence-electron chi connectivity index (χ3n) is 3.11. The fourth-order valence-electron chi connectivity index (χ4n) is 2.15. The minimum absolute atomic E-state index is 0.125. The summed E-state index contributed by atoms with van der Waals surface area (Å²) < 4.78 is 1.89. The molecule has 1 amide bonds. The number of hydrogen-bond donors (Lipinski definition) is 1. The van der Waals surface area contributed by atoms with Crippen LogP contribution >= 0.6 is 34.9 Å². The number of nitrogens with zero attached hydrogens (tertiary/aromatic N) is 2. The summed E-state index contributed by atoms with van der Waals surface area (Å²) in [7, 11) is 0. The number of carbonyl (C=O) groups is 1. The van der Waals surface area contributed by atoms with Crippen LogP contribution in [-0.4, -0.2) is 33.7 Å². The van der Waals surface area contributed by atoms with Crippen LogP contribution < -0.4 is 5.32 Å². The summed E-state index contributed by atoms with van der Waals surface area (Å²) >= 11 is 4.81. The monoisotopic (exact) mass is 331 g/mol. The van der Waals surface area contributed by atoms with Gasteiger partial charge in [0.2, 0.25) is 5.91 Å². The van der Waals surface area contributed by atoms with Crippen molar-refractivity contribution >= 4 is 40.8 Å². The minimum atomic E-state index is 0.125. The highest BCUT2D eigenvalue weighted by molar-refractivity contribution is 8.03. The van der Waals surface area contributed by atoms with E-state index in [0.717, 1.165) is 33.7 Å². The summed E-state index contributed by atoms with van der Waals surface area (Å²) in [4.78, 5) is 11.9. The molecule has 1 aliphatic rings. The Kier molecular flexibility index (Phi) is 7.16. The number of amides is 1. The van der Waals surface area contributed by atoms with Crippen LogP contribution in [0.5, 0.6) is 0 Å². The maximum absolute atomic E-state index is 11.9. The summed E-state index contributed by atoms with van der Waals surface area (Å²) in [6, 6.07) is 0.391. The lowest BCUT2D eigenvalue weighted by atomic mass is 9.95. The van der Waals surface area contributed by atoms with Crippen molar-refractivity contribution in [3.8, 4) is 0 Å². The lowest BCUT2D eigenvalue weighted by Gasteiger charge is -2.22. The summed E-state index contributed by atoms with van der Waals surface area (Å²) in [6.07, 6.45) is 7.19. The molecule has 4 nitrogen and oxygen atoms in total. The molecule has 1 aromatic rings. The molecule has 0 bridgehead atoms. The lowest BCUT2D eigenvalue weighted by Crippen LogP contribution is -2.37. The molecule has 1 heterocycles. The molecule has 1 aromatic heterocycles. The molecule has 0 aliphatic heterocycles. The second kappa shape index (κ2) is 8.89. The van der Waals surface area contributed by atoms with Crippen LogP contribution in [0.1, 0.15) is 45.4 Å². The molecule has 1 N–H and O–H groups in total. The quantitative estimate of drug-likeness (QED) is 0.774. The van der Waals surface area contributed by atoms with Gasteiger partial charge in [-0.15, -0.1) is 10.2 Å². The standard InChI is InChI=1S/C13H21N3OS3/c1-2-8-18-12-15-16-13(20-12)19-9-11(17)14-10-6-4-3-5-7-10/h10H,2-9H2,1H3,(H,14,17). The van der Waals surface area contributed by atoms with Crippen molar-refractivity contribution in [3.05, 3.63) is 0 Å². The van der Waals surface area contributed by atoms with E-state index in [2.05, 4.69) is 22.4 Å². The molecular formula is C13H21N3OS3. The first-order chi connectivity index (χ1) is 9.78. The van der Waals surface area contributed by atoms with Crippen LogP contribution in [0, 0.1) is 0 Å². The zero-order chi connectivity index (χ0) is 14.2. The van der Waals surface area contributed by atoms with Crippen LogP contribution in [0.2, 0.25) is 0 Å². The number of rotatable bonds is 7. The second-order valence-corrected chi connectivity index (χ2v) is 8.42. The largest absolute Gasteiger partial charge is 0.353 e. The van der Waals surface area contributed by atoms with Crippen LogP contribution in [0.15, 0.2) is 8.68 Å². The summed E-state index contributed by atoms with van der Waals surface area (Å²) in [5.41, 5.74) is 0. The van der Waals surface area contributed by atoms with Crippen molar-refractivity contribution in [3.63, 3.8) is 0 Å². The normalized spacial score (nSPS) is 16.2. The molecule has 112 valence electrons. The zero-order valence-electron chi connectivity index (χ0n) is 11.8. The van der Waals surface area contributed by atoms with E-state index in [1.165, 1.54) is 31.0 Å². The molecule has 2 rings (SSSR count). The average molecular weight is 332 g/mol. The van der Waals surface area contributed by atoms with Crippen molar-refractivity contribution in [2.45, 2.75) is 60.2 Å². The van der Waals surface area contributed by atoms with Gasteiger partial charge < -0.3 is 5.32 Å². The molecule has 0 unspecified atom stereocenters. The Labute approximate surface area is 132 Å². The highest BCUT2D eigenvalue weighted by Gasteiger charge is 2.16. The molecular weight excluding hydrogens is 310 g/mol. The van der Waals surface area contributed by atoms with Gasteiger partial charge in [0, 0.05) is 11.8 Å². The fourth-order valence-corrected chi connectivity index (χ4v) is 4.90. The zero-order valence-corrected chi connectivity index (χ0v) is 14.2. The number of carbonyl (C=O) groups excluding carboxylic acids is 1. The van der Waals surface area contributed by atoms with Gasteiger partial charge in [0.1, 0.15) is 0 Å². The van der Waals surface area contributed by atoms with E-state index in [1.54, 1.807) is 23.1 Å². The molecule has 0 aromatic carbocycles. The van der Waals surface area contributed by atoms with Crippen molar-refractivity contribution in [2.24, 2.45) is 0 Å². The molecule has 20 heavy (non-hydrogen) atoms. The van der Waals surface area contributed by atoms with Crippen molar-refractivity contribution in [2.75, 3.05) is 11.5 Å². The Morgan fingerprint density at radius 2 is 1.95 bits per heavy atom. The molecule has 1 fully saturated rings. The van der Waals surface area contributed by atoms with Crippen molar-refractivity contribution < 1.29 is 4.79 Å². The van der Waals surface area contributed by atoms with Crippen LogP contribution in [0.3, 0.4) is 0 Å². The summed E-state index contributed by atoms with van der Waals surface area (Å²) in [5.74, 6) is 1.64. The highest BCUT2D eigenvalue weighted by Crippen LogP contribution is 2.29. The van der Waals surface area contributed by atoms with Crippen molar-refractivity contribution in [1.82, 2.24) is 15.5 Å². The summed E-state index contributed by atoms with van der Waals surface area (Å²) in [6.45, 7) is 2.15. The summed E-state index contributed by atoms with van der Waals surface area (Å²) in [5, 5.41) is 11.4. The van der Waals surface area contributed by atoms with E-state index in [4.69, 9.17) is 0 Å². The average Bonchev–Trinajstić information content (AvgIpc) is 2.92. The van der Waals surface area contributed by atoms with Crippen molar-refractivity contribution in [1.29, 1.82) is 0 Å². The van der Waals surface area contributed by atoms with E-state index in [-0.39, 0.29) is 5.91 Å². The van der Waals surface area contributed by atoms with Gasteiger partial charge in [-0.05, 0) is 19.3 Å². The minimum Gasteiger partial charge on any atom is -0.353 e. The number of aromatic nitrogens is 2. The first-order valence-electron chi connectivity index (χ1n) is 7.16. The third-order valence-corrected chi connectivity index (χ3v) is 6.51. The van der Waals surface area contributed by atoms with Gasteiger partial charge in [0.25, 0.3) is 0 Å². The Hall–Kier alpha value is -0.270. The lowest BCUT2D eigenvalue weighted by molar-refractivity contribution is -0.119. The Morgan fingerprint density at radius 3 is 2.65 bits per heavy atom. The van der Waals surface area contributed by atoms with Gasteiger partial charge in [0.05, 0.1) is 5.75 Å². The van der Waals surface area contributed by atoms with Gasteiger partial charge in [-0.1, -0.05) is 61.0 Å². The highest BCUT2D eigenvalue weighted by atomic mass is 32.2. The molecule has 7 heteroatoms. The first kappa shape index (κ1) is 16.1. The maximum Gasteiger partial charge on any atom is 0.230 e. The van der Waals surface area contributed by atoms with E-state index in [0.29, 0.717) is 11.8 Å². The first-order valence-corrected chi connectivity index (χ1v) is 9.95. The number of hydrogen-bond acceptors (Lipinski definition) is 6. The Morgan fingerprint density at radius 1 is 1.25 bits per heavy atom. The van der Waals surface area contributed by atoms with E-state index >= 15 is 0 Å². The number of thioether (sulfide) groups is 2. The SMILES string of the molecule is CCCSc1nnc(SCC(=O)NC2CCCCC2)s1. The van der Waals surface area contributed by atoms with Crippen LogP contribution in [0.25, 0.3) is 0 Å². The van der Waals surface area contributed by atoms with Crippen LogP contribution in [0.4, 0.5) is 0 Å². The van der Waals surface area contributed by atoms with Gasteiger partial charge in [-0.3, -0.25) is 4.79 Å². The van der Waals surface area contributed by atoms with E-state index in [9.17, 15) is 4.79 Å². The van der Waals surface area contributed by atoms with Gasteiger partial charge >= 0.3 is 0 Å². The third kappa shape index (κ3) is 5.61. The maximum atomic E-state index is 11.9. The van der Waals surface area contributed by atoms with E-state index in [1.807, 2.05) is 0 Å². The second-order valence-electron chi connectivity index (χ2n) is 4.87. The molecule has 0 saturated heterocycles. The van der Waals surface area contributed by atoms with E-state index < -0.39 is 0 Å². The predicted molar refractivity (Wildman–Crippen MR) is 86.7 cm³/mol. The van der Waals surface area contributed by atoms with Crippen LogP contribution in [-0.2, 0) is 4.79 Å². The fraction of sp³-hybridized carbons (Fsp3) is 0.769. The topological polar surface area (TPSA) is 54.9 Å². The number of nitrogens with one attached hydrogen (secondary N) is 1. The molecule has 0 spiro atoms. The predicted octanol–water partition coefficient (Wildman–Crippen LogP) is 3.58. The Bertz CT molecular complexity index is 419. The molecule has 1 aliphatic carbocycles. The molecule has 1 saturated carbocycles. The smallest absolute Gasteiger partial charge is 0.230 e. The molecule has 0 radical (unpaired) electrons. The molecule has 0 atom stereocenters. The van der Waals surface area contributed by atoms with Gasteiger partial charge in [0.15, 0.2) is 8.68 Å². The Balaban J connectivity index is 1.68. The van der Waals surface area contributed by atoms with Gasteiger partial charge in [-0.2, -0.15) is 0 Å².